The molecule has 0 saturated heterocycles. The zero-order valence-corrected chi connectivity index (χ0v) is 12.4. The number of benzene rings is 1. The maximum atomic E-state index is 11.8. The molecule has 0 unspecified atom stereocenters. The Bertz CT molecular complexity index is 453. The van der Waals surface area contributed by atoms with Crippen LogP contribution in [0.5, 0.6) is 5.75 Å². The zero-order valence-electron chi connectivity index (χ0n) is 12.4. The number of ether oxygens (including phenoxy) is 1. The number of anilines is 1. The smallest absolute Gasteiger partial charge is 0.229 e. The van der Waals surface area contributed by atoms with E-state index in [9.17, 15) is 4.79 Å². The van der Waals surface area contributed by atoms with Crippen LogP contribution in [0.15, 0.2) is 36.9 Å². The van der Waals surface area contributed by atoms with E-state index < -0.39 is 11.0 Å². The van der Waals surface area contributed by atoms with Gasteiger partial charge in [0, 0.05) is 11.1 Å². The highest BCUT2D eigenvalue weighted by Gasteiger charge is 2.21. The molecule has 1 N–H and O–H groups in total. The van der Waals surface area contributed by atoms with Crippen molar-refractivity contribution >= 4 is 11.6 Å². The summed E-state index contributed by atoms with van der Waals surface area (Å²) in [7, 11) is 0. The van der Waals surface area contributed by atoms with E-state index in [1.165, 1.54) is 0 Å². The van der Waals surface area contributed by atoms with Gasteiger partial charge in [-0.25, -0.2) is 0 Å². The first-order chi connectivity index (χ1) is 8.64. The van der Waals surface area contributed by atoms with E-state index >= 15 is 0 Å². The summed E-state index contributed by atoms with van der Waals surface area (Å²) >= 11 is 0. The van der Waals surface area contributed by atoms with Crippen LogP contribution in [0.1, 0.15) is 34.6 Å². The van der Waals surface area contributed by atoms with Crippen molar-refractivity contribution in [2.45, 2.75) is 40.2 Å². The molecule has 0 heterocycles. The van der Waals surface area contributed by atoms with E-state index in [-0.39, 0.29) is 5.91 Å². The van der Waals surface area contributed by atoms with Crippen molar-refractivity contribution in [1.29, 1.82) is 0 Å². The monoisotopic (exact) mass is 261 g/mol. The van der Waals surface area contributed by atoms with E-state index in [1.807, 2.05) is 58.9 Å². The first-order valence-corrected chi connectivity index (χ1v) is 6.38. The van der Waals surface area contributed by atoms with E-state index in [1.54, 1.807) is 6.08 Å². The van der Waals surface area contributed by atoms with Crippen LogP contribution < -0.4 is 10.1 Å². The molecule has 3 nitrogen and oxygen atoms in total. The second-order valence-corrected chi connectivity index (χ2v) is 6.14. The molecule has 19 heavy (non-hydrogen) atoms. The standard InChI is InChI=1S/C16H23NO2/c1-7-16(5,6)19-13-10-8-12(9-11-13)17-14(18)15(2,3)4/h7-11H,1H2,2-6H3,(H,17,18). The van der Waals surface area contributed by atoms with Gasteiger partial charge < -0.3 is 10.1 Å². The van der Waals surface area contributed by atoms with Crippen LogP contribution in [0.4, 0.5) is 5.69 Å². The number of hydrogen-bond donors (Lipinski definition) is 1. The fourth-order valence-corrected chi connectivity index (χ4v) is 1.27. The molecule has 104 valence electrons. The van der Waals surface area contributed by atoms with E-state index in [2.05, 4.69) is 11.9 Å². The second-order valence-electron chi connectivity index (χ2n) is 6.14. The molecule has 0 fully saturated rings. The van der Waals surface area contributed by atoms with Crippen LogP contribution in [0.25, 0.3) is 0 Å². The number of amides is 1. The van der Waals surface area contributed by atoms with Crippen molar-refractivity contribution in [2.75, 3.05) is 5.32 Å². The minimum absolute atomic E-state index is 0.00686. The molecule has 0 aliphatic rings. The number of rotatable bonds is 4. The maximum absolute atomic E-state index is 11.8. The molecule has 0 aliphatic carbocycles. The summed E-state index contributed by atoms with van der Waals surface area (Å²) in [6.07, 6.45) is 1.75. The first-order valence-electron chi connectivity index (χ1n) is 6.38. The van der Waals surface area contributed by atoms with Gasteiger partial charge >= 0.3 is 0 Å². The van der Waals surface area contributed by atoms with Crippen molar-refractivity contribution in [3.8, 4) is 5.75 Å². The Balaban J connectivity index is 2.72. The lowest BCUT2D eigenvalue weighted by atomic mass is 9.95. The first kappa shape index (κ1) is 15.3. The van der Waals surface area contributed by atoms with Crippen molar-refractivity contribution in [3.05, 3.63) is 36.9 Å². The minimum Gasteiger partial charge on any atom is -0.484 e. The fourth-order valence-electron chi connectivity index (χ4n) is 1.27. The lowest BCUT2D eigenvalue weighted by Crippen LogP contribution is -2.27. The number of nitrogens with one attached hydrogen (secondary N) is 1. The quantitative estimate of drug-likeness (QED) is 0.831. The second kappa shape index (κ2) is 5.47. The summed E-state index contributed by atoms with van der Waals surface area (Å²) < 4.78 is 5.75. The molecule has 1 amide bonds. The van der Waals surface area contributed by atoms with Crippen LogP contribution in [0.3, 0.4) is 0 Å². The van der Waals surface area contributed by atoms with Gasteiger partial charge in [-0.3, -0.25) is 4.79 Å². The van der Waals surface area contributed by atoms with Gasteiger partial charge in [0.1, 0.15) is 11.4 Å². The predicted octanol–water partition coefficient (Wildman–Crippen LogP) is 4.01. The maximum Gasteiger partial charge on any atom is 0.229 e. The SMILES string of the molecule is C=CC(C)(C)Oc1ccc(NC(=O)C(C)(C)C)cc1. The summed E-state index contributed by atoms with van der Waals surface area (Å²) in [5.41, 5.74) is -0.0420. The number of carbonyl (C=O) groups is 1. The van der Waals surface area contributed by atoms with Gasteiger partial charge in [-0.05, 0) is 44.2 Å². The highest BCUT2D eigenvalue weighted by molar-refractivity contribution is 5.94. The average Bonchev–Trinajstić information content (AvgIpc) is 2.30. The Morgan fingerprint density at radius 2 is 1.68 bits per heavy atom. The predicted molar refractivity (Wildman–Crippen MR) is 79.4 cm³/mol. The summed E-state index contributed by atoms with van der Waals surface area (Å²) in [6.45, 7) is 13.3. The molecule has 0 saturated carbocycles. The van der Waals surface area contributed by atoms with Crippen LogP contribution in [-0.2, 0) is 4.79 Å². The van der Waals surface area contributed by atoms with Crippen molar-refractivity contribution < 1.29 is 9.53 Å². The fraction of sp³-hybridized carbons (Fsp3) is 0.438. The van der Waals surface area contributed by atoms with E-state index in [4.69, 9.17) is 4.74 Å². The third kappa shape index (κ3) is 4.78. The molecule has 3 heteroatoms. The van der Waals surface area contributed by atoms with Crippen LogP contribution >= 0.6 is 0 Å². The summed E-state index contributed by atoms with van der Waals surface area (Å²) in [6, 6.07) is 7.34. The zero-order chi connectivity index (χ0) is 14.7. The molecule has 0 aliphatic heterocycles. The Morgan fingerprint density at radius 1 is 1.16 bits per heavy atom. The molecular formula is C16H23NO2. The van der Waals surface area contributed by atoms with E-state index in [0.29, 0.717) is 0 Å². The van der Waals surface area contributed by atoms with Gasteiger partial charge in [0.05, 0.1) is 0 Å². The van der Waals surface area contributed by atoms with Crippen molar-refractivity contribution in [1.82, 2.24) is 0 Å². The Kier molecular flexibility index (Phi) is 4.40. The highest BCUT2D eigenvalue weighted by atomic mass is 16.5. The van der Waals surface area contributed by atoms with Gasteiger partial charge in [0.2, 0.25) is 5.91 Å². The summed E-state index contributed by atoms with van der Waals surface area (Å²) in [5.74, 6) is 0.742. The topological polar surface area (TPSA) is 38.3 Å². The summed E-state index contributed by atoms with van der Waals surface area (Å²) in [5, 5.41) is 2.87. The van der Waals surface area contributed by atoms with Crippen molar-refractivity contribution in [3.63, 3.8) is 0 Å². The summed E-state index contributed by atoms with van der Waals surface area (Å²) in [4.78, 5) is 11.8. The lowest BCUT2D eigenvalue weighted by molar-refractivity contribution is -0.123. The van der Waals surface area contributed by atoms with Crippen molar-refractivity contribution in [2.24, 2.45) is 5.41 Å². The Labute approximate surface area is 115 Å². The van der Waals surface area contributed by atoms with Gasteiger partial charge in [-0.2, -0.15) is 0 Å². The molecule has 0 bridgehead atoms. The van der Waals surface area contributed by atoms with Crippen LogP contribution in [0.2, 0.25) is 0 Å². The Hall–Kier alpha value is -1.77. The van der Waals surface area contributed by atoms with Gasteiger partial charge in [0.25, 0.3) is 0 Å². The molecule has 0 atom stereocenters. The van der Waals surface area contributed by atoms with Crippen LogP contribution in [-0.4, -0.2) is 11.5 Å². The molecule has 1 aromatic carbocycles. The lowest BCUT2D eigenvalue weighted by Gasteiger charge is -2.22. The van der Waals surface area contributed by atoms with E-state index in [0.717, 1.165) is 11.4 Å². The molecular weight excluding hydrogens is 238 g/mol. The van der Waals surface area contributed by atoms with Gasteiger partial charge in [0.15, 0.2) is 0 Å². The Morgan fingerprint density at radius 3 is 2.11 bits per heavy atom. The normalized spacial score (nSPS) is 11.8. The van der Waals surface area contributed by atoms with Gasteiger partial charge in [-0.15, -0.1) is 0 Å². The minimum atomic E-state index is -0.407. The number of carbonyl (C=O) groups excluding carboxylic acids is 1. The largest absolute Gasteiger partial charge is 0.484 e. The third-order valence-corrected chi connectivity index (χ3v) is 2.67. The average molecular weight is 261 g/mol. The molecule has 1 aromatic rings. The number of hydrogen-bond acceptors (Lipinski definition) is 2. The molecule has 1 rings (SSSR count). The molecule has 0 aromatic heterocycles. The van der Waals surface area contributed by atoms with Crippen LogP contribution in [0, 0.1) is 5.41 Å². The molecule has 0 spiro atoms. The third-order valence-electron chi connectivity index (χ3n) is 2.67. The molecule has 0 radical (unpaired) electrons. The highest BCUT2D eigenvalue weighted by Crippen LogP contribution is 2.23. The van der Waals surface area contributed by atoms with Gasteiger partial charge in [-0.1, -0.05) is 27.4 Å².